The monoisotopic (exact) mass is 215 g/mol. The van der Waals surface area contributed by atoms with Gasteiger partial charge in [0.05, 0.1) is 0 Å². The second-order valence-corrected chi connectivity index (χ2v) is 4.07. The first-order valence-electron chi connectivity index (χ1n) is 2.30. The Balaban J connectivity index is 2.45. The Labute approximate surface area is 55.1 Å². The van der Waals surface area contributed by atoms with Crippen molar-refractivity contribution in [2.75, 3.05) is 22.6 Å². The van der Waals surface area contributed by atoms with Crippen LogP contribution in [0.25, 0.3) is 0 Å². The van der Waals surface area contributed by atoms with Gasteiger partial charge in [-0.3, -0.25) is 0 Å². The van der Waals surface area contributed by atoms with Gasteiger partial charge in [0.1, 0.15) is 0 Å². The van der Waals surface area contributed by atoms with Crippen molar-refractivity contribution in [1.29, 1.82) is 0 Å². The van der Waals surface area contributed by atoms with Crippen LogP contribution in [0.5, 0.6) is 0 Å². The maximum absolute atomic E-state index is 5.27. The molecule has 2 nitrogen and oxygen atoms in total. The van der Waals surface area contributed by atoms with Gasteiger partial charge < -0.3 is 0 Å². The molecule has 0 saturated carbocycles. The zero-order valence-electron chi connectivity index (χ0n) is 4.58. The molecule has 0 spiro atoms. The molecule has 0 aromatic heterocycles. The Morgan fingerprint density at radius 2 is 2.43 bits per heavy atom. The Morgan fingerprint density at radius 1 is 1.71 bits per heavy atom. The topological polar surface area (TPSA) is 38.0 Å². The van der Waals surface area contributed by atoms with Gasteiger partial charge in [0, 0.05) is 0 Å². The summed E-state index contributed by atoms with van der Waals surface area (Å²) in [6.07, 6.45) is 0. The third kappa shape index (κ3) is 6.65. The molecular weight excluding hydrogens is 203 g/mol. The van der Waals surface area contributed by atoms with Crippen molar-refractivity contribution in [3.8, 4) is 0 Å². The van der Waals surface area contributed by atoms with E-state index in [2.05, 4.69) is 5.32 Å². The van der Waals surface area contributed by atoms with Gasteiger partial charge in [0.25, 0.3) is 0 Å². The summed E-state index contributed by atoms with van der Waals surface area (Å²) in [5, 5.41) is 3.10. The molecule has 0 aromatic carbocycles. The van der Waals surface area contributed by atoms with Crippen LogP contribution in [0.2, 0.25) is 0 Å². The van der Waals surface area contributed by atoms with Gasteiger partial charge in [-0.25, -0.2) is 0 Å². The fourth-order valence-electron chi connectivity index (χ4n) is 0.238. The van der Waals surface area contributed by atoms with Crippen molar-refractivity contribution >= 4 is 0 Å². The number of nitrogens with two attached hydrogens (primary N) is 1. The second-order valence-electron chi connectivity index (χ2n) is 1.15. The summed E-state index contributed by atoms with van der Waals surface area (Å²) in [4.78, 5) is 0. The van der Waals surface area contributed by atoms with E-state index in [-0.39, 0.29) is 0 Å². The number of hydrogen-bond donors (Lipinski definition) is 2. The summed E-state index contributed by atoms with van der Waals surface area (Å²) in [5.41, 5.74) is 5.27. The molecule has 0 atom stereocenters. The van der Waals surface area contributed by atoms with Crippen molar-refractivity contribution in [3.05, 3.63) is 0 Å². The molecule has 0 rings (SSSR count). The summed E-state index contributed by atoms with van der Waals surface area (Å²) in [5.74, 6) is 0. The summed E-state index contributed by atoms with van der Waals surface area (Å²) in [6.45, 7) is 0.870. The van der Waals surface area contributed by atoms with E-state index >= 15 is 0 Å². The van der Waals surface area contributed by atoms with Crippen molar-refractivity contribution in [1.82, 2.24) is 5.32 Å². The summed E-state index contributed by atoms with van der Waals surface area (Å²) in [6, 6.07) is 0. The SMILES string of the molecule is CNC[I-]CCN. The molecule has 0 aliphatic rings. The van der Waals surface area contributed by atoms with Crippen LogP contribution in [0.15, 0.2) is 0 Å². The van der Waals surface area contributed by atoms with E-state index in [0.29, 0.717) is 21.2 Å². The fraction of sp³-hybridized carbons (Fsp3) is 1.00. The number of hydrogen-bond acceptors (Lipinski definition) is 2. The Hall–Kier alpha value is 0.650. The zero-order chi connectivity index (χ0) is 5.54. The molecule has 0 saturated heterocycles. The van der Waals surface area contributed by atoms with Gasteiger partial charge in [-0.1, -0.05) is 0 Å². The van der Waals surface area contributed by atoms with Gasteiger partial charge in [0.15, 0.2) is 0 Å². The van der Waals surface area contributed by atoms with E-state index in [0.717, 1.165) is 6.54 Å². The summed E-state index contributed by atoms with van der Waals surface area (Å²) >= 11 is 0.389. The average Bonchev–Trinajstić information content (AvgIpc) is 1.69. The molecule has 7 heavy (non-hydrogen) atoms. The minimum absolute atomic E-state index is 0.389. The molecule has 3 heteroatoms. The predicted molar refractivity (Wildman–Crippen MR) is 27.8 cm³/mol. The van der Waals surface area contributed by atoms with Gasteiger partial charge in [-0.05, 0) is 0 Å². The van der Waals surface area contributed by atoms with Crippen LogP contribution in [-0.2, 0) is 0 Å². The van der Waals surface area contributed by atoms with Crippen LogP contribution in [0.4, 0.5) is 0 Å². The van der Waals surface area contributed by atoms with Crippen molar-refractivity contribution in [3.63, 3.8) is 0 Å². The molecule has 0 heterocycles. The van der Waals surface area contributed by atoms with Crippen LogP contribution in [0, 0.1) is 0 Å². The first kappa shape index (κ1) is 7.65. The van der Waals surface area contributed by atoms with Crippen molar-refractivity contribution in [2.24, 2.45) is 5.73 Å². The molecule has 0 unspecified atom stereocenters. The van der Waals surface area contributed by atoms with Crippen LogP contribution in [0.3, 0.4) is 0 Å². The number of halogens is 1. The van der Waals surface area contributed by atoms with E-state index in [1.807, 2.05) is 7.05 Å². The number of alkyl halides is 2. The minimum atomic E-state index is 0.389. The van der Waals surface area contributed by atoms with Crippen LogP contribution >= 0.6 is 0 Å². The standard InChI is InChI=1S/C4H12IN2/c1-7-4-5-2-3-6/h7H,2-4,6H2,1H3/q-1. The maximum atomic E-state index is 5.27. The summed E-state index contributed by atoms with van der Waals surface area (Å²) in [7, 11) is 1.98. The van der Waals surface area contributed by atoms with E-state index in [1.54, 1.807) is 0 Å². The summed E-state index contributed by atoms with van der Waals surface area (Å²) < 4.78 is 2.45. The number of nitrogens with one attached hydrogen (secondary N) is 1. The Bertz CT molecular complexity index is 28.9. The third-order valence-corrected chi connectivity index (χ3v) is 3.16. The molecule has 3 N–H and O–H groups in total. The molecule has 0 aliphatic carbocycles. The van der Waals surface area contributed by atoms with Gasteiger partial charge in [0.2, 0.25) is 0 Å². The molecule has 0 aromatic rings. The van der Waals surface area contributed by atoms with E-state index < -0.39 is 0 Å². The normalized spacial score (nSPS) is 10.0. The van der Waals surface area contributed by atoms with E-state index in [9.17, 15) is 0 Å². The van der Waals surface area contributed by atoms with Crippen LogP contribution in [-0.4, -0.2) is 22.6 Å². The second kappa shape index (κ2) is 6.65. The molecular formula is C4H12IN2-. The zero-order valence-corrected chi connectivity index (χ0v) is 6.73. The Morgan fingerprint density at radius 3 is 2.86 bits per heavy atom. The average molecular weight is 215 g/mol. The van der Waals surface area contributed by atoms with Gasteiger partial charge in [-0.2, -0.15) is 0 Å². The Kier molecular flexibility index (Phi) is 7.27. The molecule has 0 radical (unpaired) electrons. The van der Waals surface area contributed by atoms with Gasteiger partial charge in [-0.15, -0.1) is 0 Å². The molecule has 0 aliphatic heterocycles. The van der Waals surface area contributed by atoms with Crippen LogP contribution in [0.1, 0.15) is 0 Å². The first-order valence-corrected chi connectivity index (χ1v) is 5.35. The third-order valence-electron chi connectivity index (χ3n) is 0.471. The molecule has 0 amide bonds. The van der Waals surface area contributed by atoms with Crippen LogP contribution < -0.4 is 32.3 Å². The van der Waals surface area contributed by atoms with E-state index in [4.69, 9.17) is 5.73 Å². The molecule has 0 bridgehead atoms. The first-order chi connectivity index (χ1) is 3.41. The molecule has 0 fully saturated rings. The fourth-order valence-corrected chi connectivity index (χ4v) is 1.60. The van der Waals surface area contributed by atoms with Crippen molar-refractivity contribution < 1.29 is 21.2 Å². The van der Waals surface area contributed by atoms with Crippen molar-refractivity contribution in [2.45, 2.75) is 0 Å². The quantitative estimate of drug-likeness (QED) is 0.218. The predicted octanol–water partition coefficient (Wildman–Crippen LogP) is -3.79. The van der Waals surface area contributed by atoms with Gasteiger partial charge >= 0.3 is 54.8 Å². The molecule has 46 valence electrons. The van der Waals surface area contributed by atoms with E-state index in [1.165, 1.54) is 8.98 Å². The number of rotatable bonds is 4.